The van der Waals surface area contributed by atoms with Crippen molar-refractivity contribution in [2.45, 2.75) is 20.7 Å². The molecule has 84 valence electrons. The van der Waals surface area contributed by atoms with Crippen molar-refractivity contribution in [2.75, 3.05) is 0 Å². The first-order chi connectivity index (χ1) is 8.42. The lowest BCUT2D eigenvalue weighted by atomic mass is 10.2. The van der Waals surface area contributed by atoms with E-state index < -0.39 is 0 Å². The van der Waals surface area contributed by atoms with Crippen molar-refractivity contribution in [3.8, 4) is 0 Å². The molecule has 3 heteroatoms. The smallest absolute Gasteiger partial charge is 0.135 e. The van der Waals surface area contributed by atoms with E-state index in [4.69, 9.17) is 4.74 Å². The minimum absolute atomic E-state index is 0.160. The molecule has 17 heavy (non-hydrogen) atoms. The minimum Gasteiger partial charge on any atom is -0.343 e. The highest BCUT2D eigenvalue weighted by Gasteiger charge is 2.35. The van der Waals surface area contributed by atoms with E-state index in [0.29, 0.717) is 0 Å². The zero-order valence-electron chi connectivity index (χ0n) is 9.00. The van der Waals surface area contributed by atoms with Crippen LogP contribution in [0.4, 0.5) is 0 Å². The van der Waals surface area contributed by atoms with Crippen LogP contribution in [0.25, 0.3) is 0 Å². The second-order valence-corrected chi connectivity index (χ2v) is 6.32. The number of fused-ring (bicyclic) bond motifs is 6. The number of rotatable bonds is 0. The van der Waals surface area contributed by atoms with E-state index >= 15 is 0 Å². The molecular formula is C14H10OS2. The third-order valence-corrected chi connectivity index (χ3v) is 5.47. The van der Waals surface area contributed by atoms with E-state index in [2.05, 4.69) is 48.5 Å². The second-order valence-electron chi connectivity index (χ2n) is 4.11. The van der Waals surface area contributed by atoms with Crippen molar-refractivity contribution >= 4 is 23.5 Å². The fourth-order valence-corrected chi connectivity index (χ4v) is 4.85. The molecule has 0 N–H and O–H groups in total. The molecular weight excluding hydrogens is 248 g/mol. The number of thioether (sulfide) groups is 2. The molecule has 2 unspecified atom stereocenters. The van der Waals surface area contributed by atoms with Gasteiger partial charge in [-0.25, -0.2) is 0 Å². The maximum absolute atomic E-state index is 6.10. The average Bonchev–Trinajstić information content (AvgIpc) is 2.39. The highest BCUT2D eigenvalue weighted by Crippen LogP contribution is 2.58. The standard InChI is InChI=1S/C14H10OS2/c1-3-7-11-9(5-1)13-15-14(16-11)10-6-2-4-8-12(10)17-13/h1-8,13-14H. The summed E-state index contributed by atoms with van der Waals surface area (Å²) in [6, 6.07) is 17.1. The Morgan fingerprint density at radius 2 is 1.18 bits per heavy atom. The lowest BCUT2D eigenvalue weighted by Crippen LogP contribution is -2.16. The van der Waals surface area contributed by atoms with Gasteiger partial charge in [0.25, 0.3) is 0 Å². The number of benzene rings is 2. The summed E-state index contributed by atoms with van der Waals surface area (Å²) in [6.45, 7) is 0. The molecule has 0 radical (unpaired) electrons. The first-order valence-electron chi connectivity index (χ1n) is 5.58. The van der Waals surface area contributed by atoms with Crippen LogP contribution >= 0.6 is 23.5 Å². The number of ether oxygens (including phenoxy) is 1. The van der Waals surface area contributed by atoms with Crippen LogP contribution in [0, 0.1) is 0 Å². The summed E-state index contributed by atoms with van der Waals surface area (Å²) in [7, 11) is 0. The summed E-state index contributed by atoms with van der Waals surface area (Å²) in [5.74, 6) is 0. The van der Waals surface area contributed by atoms with Gasteiger partial charge in [-0.1, -0.05) is 59.9 Å². The number of hydrogen-bond donors (Lipinski definition) is 0. The highest BCUT2D eigenvalue weighted by molar-refractivity contribution is 8.01. The van der Waals surface area contributed by atoms with Gasteiger partial charge < -0.3 is 4.74 Å². The van der Waals surface area contributed by atoms with Gasteiger partial charge in [-0.3, -0.25) is 0 Å². The molecule has 2 aliphatic heterocycles. The number of hydrogen-bond acceptors (Lipinski definition) is 3. The average molecular weight is 258 g/mol. The molecule has 0 aromatic heterocycles. The molecule has 0 amide bonds. The van der Waals surface area contributed by atoms with E-state index in [9.17, 15) is 0 Å². The van der Waals surface area contributed by atoms with E-state index in [1.54, 1.807) is 0 Å². The van der Waals surface area contributed by atoms with Crippen molar-refractivity contribution in [3.05, 3.63) is 59.7 Å². The van der Waals surface area contributed by atoms with Crippen molar-refractivity contribution < 1.29 is 4.74 Å². The van der Waals surface area contributed by atoms with E-state index in [-0.39, 0.29) is 10.9 Å². The zero-order chi connectivity index (χ0) is 11.2. The van der Waals surface area contributed by atoms with E-state index in [0.717, 1.165) is 0 Å². The maximum atomic E-state index is 6.10. The molecule has 2 atom stereocenters. The van der Waals surface area contributed by atoms with Gasteiger partial charge in [-0.05, 0) is 12.1 Å². The Morgan fingerprint density at radius 3 is 1.71 bits per heavy atom. The molecule has 2 aromatic carbocycles. The van der Waals surface area contributed by atoms with Crippen molar-refractivity contribution in [3.63, 3.8) is 0 Å². The summed E-state index contributed by atoms with van der Waals surface area (Å²) in [6.07, 6.45) is 0. The Morgan fingerprint density at radius 1 is 0.706 bits per heavy atom. The van der Waals surface area contributed by atoms with Gasteiger partial charge >= 0.3 is 0 Å². The van der Waals surface area contributed by atoms with Gasteiger partial charge in [-0.2, -0.15) is 0 Å². The molecule has 0 saturated heterocycles. The molecule has 2 bridgehead atoms. The van der Waals surface area contributed by atoms with Crippen molar-refractivity contribution in [1.82, 2.24) is 0 Å². The molecule has 0 spiro atoms. The van der Waals surface area contributed by atoms with E-state index in [1.165, 1.54) is 20.9 Å². The summed E-state index contributed by atoms with van der Waals surface area (Å²) < 4.78 is 6.10. The van der Waals surface area contributed by atoms with Crippen LogP contribution in [0.3, 0.4) is 0 Å². The molecule has 2 aromatic rings. The Kier molecular flexibility index (Phi) is 2.25. The van der Waals surface area contributed by atoms with Crippen molar-refractivity contribution in [1.29, 1.82) is 0 Å². The van der Waals surface area contributed by atoms with Gasteiger partial charge in [-0.15, -0.1) is 0 Å². The van der Waals surface area contributed by atoms with Crippen LogP contribution in [0.1, 0.15) is 22.0 Å². The lowest BCUT2D eigenvalue weighted by molar-refractivity contribution is 0.0785. The first kappa shape index (κ1) is 10.1. The normalized spacial score (nSPS) is 24.9. The van der Waals surface area contributed by atoms with Crippen LogP contribution in [0.5, 0.6) is 0 Å². The first-order valence-corrected chi connectivity index (χ1v) is 7.34. The highest BCUT2D eigenvalue weighted by atomic mass is 32.2. The maximum Gasteiger partial charge on any atom is 0.135 e. The van der Waals surface area contributed by atoms with Crippen LogP contribution in [-0.4, -0.2) is 0 Å². The predicted octanol–water partition coefficient (Wildman–Crippen LogP) is 4.61. The van der Waals surface area contributed by atoms with Gasteiger partial charge in [0.2, 0.25) is 0 Å². The van der Waals surface area contributed by atoms with Gasteiger partial charge in [0.05, 0.1) is 0 Å². The largest absolute Gasteiger partial charge is 0.343 e. The van der Waals surface area contributed by atoms with Gasteiger partial charge in [0.15, 0.2) is 0 Å². The van der Waals surface area contributed by atoms with Crippen LogP contribution in [-0.2, 0) is 4.74 Å². The Labute approximate surface area is 109 Å². The van der Waals surface area contributed by atoms with E-state index in [1.807, 2.05) is 23.5 Å². The van der Waals surface area contributed by atoms with Crippen molar-refractivity contribution in [2.24, 2.45) is 0 Å². The zero-order valence-corrected chi connectivity index (χ0v) is 10.6. The summed E-state index contributed by atoms with van der Waals surface area (Å²) >= 11 is 3.64. The monoisotopic (exact) mass is 258 g/mol. The molecule has 0 aliphatic carbocycles. The lowest BCUT2D eigenvalue weighted by Gasteiger charge is -2.36. The molecule has 0 fully saturated rings. The molecule has 2 aliphatic rings. The molecule has 4 rings (SSSR count). The van der Waals surface area contributed by atoms with Gasteiger partial charge in [0, 0.05) is 20.9 Å². The van der Waals surface area contributed by atoms with Crippen LogP contribution in [0.15, 0.2) is 58.3 Å². The van der Waals surface area contributed by atoms with Gasteiger partial charge in [0.1, 0.15) is 10.9 Å². The van der Waals surface area contributed by atoms with Crippen LogP contribution < -0.4 is 0 Å². The molecule has 1 nitrogen and oxygen atoms in total. The summed E-state index contributed by atoms with van der Waals surface area (Å²) in [5.41, 5.74) is 2.95. The Balaban J connectivity index is 1.86. The SMILES string of the molecule is c1ccc2c(c1)SC1OC2Sc2ccccc21. The Hall–Kier alpha value is -0.900. The third-order valence-electron chi connectivity index (χ3n) is 3.06. The Bertz CT molecular complexity index is 530. The summed E-state index contributed by atoms with van der Waals surface area (Å²) in [4.78, 5) is 2.71. The molecule has 2 heterocycles. The minimum atomic E-state index is 0.160. The molecule has 0 saturated carbocycles. The topological polar surface area (TPSA) is 9.23 Å². The fraction of sp³-hybridized carbons (Fsp3) is 0.143. The van der Waals surface area contributed by atoms with Crippen LogP contribution in [0.2, 0.25) is 0 Å². The predicted molar refractivity (Wildman–Crippen MR) is 71.2 cm³/mol. The third kappa shape index (κ3) is 1.53. The fourth-order valence-electron chi connectivity index (χ4n) is 2.24. The summed E-state index contributed by atoms with van der Waals surface area (Å²) in [5, 5.41) is 0. The quantitative estimate of drug-likeness (QED) is 0.683. The second kappa shape index (κ2) is 3.80.